The molecule has 0 aromatic heterocycles. The Morgan fingerprint density at radius 2 is 2.00 bits per heavy atom. The molecule has 0 radical (unpaired) electrons. The second-order valence-electron chi connectivity index (χ2n) is 4.39. The average molecular weight is 334 g/mol. The van der Waals surface area contributed by atoms with Crippen molar-refractivity contribution < 1.29 is 14.5 Å². The fourth-order valence-electron chi connectivity index (χ4n) is 1.76. The summed E-state index contributed by atoms with van der Waals surface area (Å²) in [6, 6.07) is 10.7. The summed E-state index contributed by atoms with van der Waals surface area (Å²) in [5.74, 6) is -0.265. The molecule has 1 N–H and O–H groups in total. The Kier molecular flexibility index (Phi) is 5.27. The molecule has 2 aromatic rings. The molecule has 0 fully saturated rings. The highest BCUT2D eigenvalue weighted by molar-refractivity contribution is 6.30. The van der Waals surface area contributed by atoms with Crippen LogP contribution in [-0.2, 0) is 0 Å². The van der Waals surface area contributed by atoms with E-state index >= 15 is 0 Å². The van der Waals surface area contributed by atoms with Crippen molar-refractivity contribution in [2.45, 2.75) is 0 Å². The Morgan fingerprint density at radius 1 is 1.30 bits per heavy atom. The second kappa shape index (κ2) is 7.37. The van der Waals surface area contributed by atoms with Gasteiger partial charge in [0.25, 0.3) is 5.91 Å². The molecule has 7 nitrogen and oxygen atoms in total. The molecule has 0 saturated carbocycles. The summed E-state index contributed by atoms with van der Waals surface area (Å²) in [5.41, 5.74) is 3.00. The number of amides is 1. The van der Waals surface area contributed by atoms with E-state index in [0.717, 1.165) is 0 Å². The molecule has 0 heterocycles. The van der Waals surface area contributed by atoms with Crippen molar-refractivity contribution in [2.75, 3.05) is 7.11 Å². The molecular formula is C15H12ClN3O4. The number of nitro benzene ring substituents is 1. The van der Waals surface area contributed by atoms with E-state index in [-0.39, 0.29) is 11.4 Å². The monoisotopic (exact) mass is 333 g/mol. The van der Waals surface area contributed by atoms with Crippen LogP contribution in [0.15, 0.2) is 47.6 Å². The summed E-state index contributed by atoms with van der Waals surface area (Å²) in [7, 11) is 1.35. The van der Waals surface area contributed by atoms with Gasteiger partial charge in [0.05, 0.1) is 18.2 Å². The normalized spacial score (nSPS) is 10.5. The van der Waals surface area contributed by atoms with Gasteiger partial charge in [-0.25, -0.2) is 5.43 Å². The predicted molar refractivity (Wildman–Crippen MR) is 86.2 cm³/mol. The van der Waals surface area contributed by atoms with Crippen LogP contribution in [0.25, 0.3) is 0 Å². The van der Waals surface area contributed by atoms with Crippen molar-refractivity contribution in [3.63, 3.8) is 0 Å². The lowest BCUT2D eigenvalue weighted by Gasteiger charge is -2.02. The van der Waals surface area contributed by atoms with E-state index in [0.29, 0.717) is 16.1 Å². The van der Waals surface area contributed by atoms with Crippen LogP contribution in [-0.4, -0.2) is 24.2 Å². The van der Waals surface area contributed by atoms with Gasteiger partial charge in [0.2, 0.25) is 0 Å². The molecule has 0 bridgehead atoms. The van der Waals surface area contributed by atoms with Gasteiger partial charge in [-0.2, -0.15) is 5.10 Å². The molecule has 0 aliphatic heterocycles. The van der Waals surface area contributed by atoms with E-state index in [1.807, 2.05) is 0 Å². The van der Waals surface area contributed by atoms with E-state index in [2.05, 4.69) is 10.5 Å². The van der Waals surface area contributed by atoms with E-state index in [4.69, 9.17) is 16.3 Å². The smallest absolute Gasteiger partial charge is 0.311 e. The third kappa shape index (κ3) is 4.27. The lowest BCUT2D eigenvalue weighted by atomic mass is 10.2. The predicted octanol–water partition coefficient (Wildman–Crippen LogP) is 3.02. The van der Waals surface area contributed by atoms with E-state index < -0.39 is 10.8 Å². The number of carbonyl (C=O) groups excluding carboxylic acids is 1. The first-order valence-corrected chi connectivity index (χ1v) is 6.80. The standard InChI is InChI=1S/C15H12ClN3O4/c1-23-14-7-2-10(8-13(14)19(21)22)9-17-18-15(20)11-3-5-12(16)6-4-11/h2-9H,1H3,(H,18,20)/b17-9-. The van der Waals surface area contributed by atoms with Crippen LogP contribution in [0.4, 0.5) is 5.69 Å². The van der Waals surface area contributed by atoms with E-state index in [1.165, 1.54) is 25.5 Å². The average Bonchev–Trinajstić information content (AvgIpc) is 2.55. The van der Waals surface area contributed by atoms with Crippen molar-refractivity contribution in [1.29, 1.82) is 0 Å². The first-order chi connectivity index (χ1) is 11.0. The van der Waals surface area contributed by atoms with Crippen molar-refractivity contribution in [2.24, 2.45) is 5.10 Å². The summed E-state index contributed by atoms with van der Waals surface area (Å²) >= 11 is 5.74. The van der Waals surface area contributed by atoms with Gasteiger partial charge in [-0.05, 0) is 36.4 Å². The van der Waals surface area contributed by atoms with Gasteiger partial charge in [0.1, 0.15) is 0 Å². The minimum Gasteiger partial charge on any atom is -0.490 e. The Hall–Kier alpha value is -2.93. The molecule has 0 aliphatic carbocycles. The lowest BCUT2D eigenvalue weighted by molar-refractivity contribution is -0.385. The maximum atomic E-state index is 11.8. The highest BCUT2D eigenvalue weighted by Gasteiger charge is 2.14. The van der Waals surface area contributed by atoms with Crippen LogP contribution in [0.1, 0.15) is 15.9 Å². The molecule has 0 spiro atoms. The van der Waals surface area contributed by atoms with Crippen molar-refractivity contribution in [1.82, 2.24) is 5.43 Å². The lowest BCUT2D eigenvalue weighted by Crippen LogP contribution is -2.17. The number of halogens is 1. The quantitative estimate of drug-likeness (QED) is 0.517. The number of hydrogen-bond acceptors (Lipinski definition) is 5. The highest BCUT2D eigenvalue weighted by atomic mass is 35.5. The van der Waals surface area contributed by atoms with Crippen LogP contribution in [0.5, 0.6) is 5.75 Å². The summed E-state index contributed by atoms with van der Waals surface area (Å²) in [5, 5.41) is 15.2. The first kappa shape index (κ1) is 16.4. The molecular weight excluding hydrogens is 322 g/mol. The zero-order chi connectivity index (χ0) is 16.8. The molecule has 1 amide bonds. The Balaban J connectivity index is 2.08. The molecule has 2 aromatic carbocycles. The number of benzene rings is 2. The number of nitrogens with one attached hydrogen (secondary N) is 1. The Bertz CT molecular complexity index is 760. The number of ether oxygens (including phenoxy) is 1. The van der Waals surface area contributed by atoms with Crippen molar-refractivity contribution in [3.8, 4) is 5.75 Å². The number of rotatable bonds is 5. The van der Waals surface area contributed by atoms with Gasteiger partial charge in [0, 0.05) is 22.2 Å². The summed E-state index contributed by atoms with van der Waals surface area (Å²) in [6.07, 6.45) is 1.31. The highest BCUT2D eigenvalue weighted by Crippen LogP contribution is 2.26. The second-order valence-corrected chi connectivity index (χ2v) is 4.83. The SMILES string of the molecule is COc1ccc(/C=N\NC(=O)c2ccc(Cl)cc2)cc1[N+](=O)[O-]. The molecule has 23 heavy (non-hydrogen) atoms. The Morgan fingerprint density at radius 3 is 2.61 bits per heavy atom. The minimum absolute atomic E-state index is 0.150. The number of nitro groups is 1. The van der Waals surface area contributed by atoms with Crippen LogP contribution in [0.2, 0.25) is 5.02 Å². The molecule has 118 valence electrons. The minimum atomic E-state index is -0.553. The van der Waals surface area contributed by atoms with E-state index in [1.54, 1.807) is 30.3 Å². The van der Waals surface area contributed by atoms with Gasteiger partial charge < -0.3 is 4.74 Å². The van der Waals surface area contributed by atoms with Crippen LogP contribution in [0.3, 0.4) is 0 Å². The number of carbonyl (C=O) groups is 1. The molecule has 0 unspecified atom stereocenters. The fraction of sp³-hybridized carbons (Fsp3) is 0.0667. The van der Waals surface area contributed by atoms with Crippen molar-refractivity contribution >= 4 is 29.4 Å². The summed E-state index contributed by atoms with van der Waals surface area (Å²) in [4.78, 5) is 22.2. The molecule has 0 atom stereocenters. The zero-order valence-corrected chi connectivity index (χ0v) is 12.8. The zero-order valence-electron chi connectivity index (χ0n) is 12.0. The van der Waals surface area contributed by atoms with Gasteiger partial charge in [-0.15, -0.1) is 0 Å². The maximum Gasteiger partial charge on any atom is 0.311 e. The van der Waals surface area contributed by atoms with Crippen LogP contribution < -0.4 is 10.2 Å². The number of methoxy groups -OCH3 is 1. The Labute approximate surface area is 136 Å². The third-order valence-corrected chi connectivity index (χ3v) is 3.14. The number of hydrazone groups is 1. The number of nitrogens with zero attached hydrogens (tertiary/aromatic N) is 2. The van der Waals surface area contributed by atoms with Gasteiger partial charge in [0.15, 0.2) is 5.75 Å². The van der Waals surface area contributed by atoms with E-state index in [9.17, 15) is 14.9 Å². The topological polar surface area (TPSA) is 93.8 Å². The molecule has 8 heteroatoms. The first-order valence-electron chi connectivity index (χ1n) is 6.42. The maximum absolute atomic E-state index is 11.8. The third-order valence-electron chi connectivity index (χ3n) is 2.89. The largest absolute Gasteiger partial charge is 0.490 e. The van der Waals surface area contributed by atoms with Gasteiger partial charge >= 0.3 is 5.69 Å². The van der Waals surface area contributed by atoms with Crippen LogP contribution in [0, 0.1) is 10.1 Å². The fourth-order valence-corrected chi connectivity index (χ4v) is 1.89. The summed E-state index contributed by atoms with van der Waals surface area (Å²) in [6.45, 7) is 0. The molecule has 0 saturated heterocycles. The summed E-state index contributed by atoms with van der Waals surface area (Å²) < 4.78 is 4.91. The number of hydrogen-bond donors (Lipinski definition) is 1. The van der Waals surface area contributed by atoms with Crippen molar-refractivity contribution in [3.05, 3.63) is 68.7 Å². The molecule has 0 aliphatic rings. The van der Waals surface area contributed by atoms with Gasteiger partial charge in [-0.1, -0.05) is 11.6 Å². The van der Waals surface area contributed by atoms with Crippen LogP contribution >= 0.6 is 11.6 Å². The van der Waals surface area contributed by atoms with Gasteiger partial charge in [-0.3, -0.25) is 14.9 Å². The molecule has 2 rings (SSSR count).